The van der Waals surface area contributed by atoms with Crippen LogP contribution in [0.4, 0.5) is 0 Å². The summed E-state index contributed by atoms with van der Waals surface area (Å²) in [6, 6.07) is 10.0. The Morgan fingerprint density at radius 1 is 1.30 bits per heavy atom. The summed E-state index contributed by atoms with van der Waals surface area (Å²) in [7, 11) is 0. The van der Waals surface area contributed by atoms with Gasteiger partial charge in [0.1, 0.15) is 0 Å². The topological polar surface area (TPSA) is 84.7 Å². The van der Waals surface area contributed by atoms with Gasteiger partial charge >= 0.3 is 0 Å². The molecule has 4 rings (SSSR count). The second kappa shape index (κ2) is 5.19. The summed E-state index contributed by atoms with van der Waals surface area (Å²) < 4.78 is 0. The van der Waals surface area contributed by atoms with Gasteiger partial charge < -0.3 is 5.73 Å². The van der Waals surface area contributed by atoms with Gasteiger partial charge in [-0.05, 0) is 42.2 Å². The van der Waals surface area contributed by atoms with Crippen molar-refractivity contribution < 1.29 is 4.79 Å². The molecule has 1 saturated carbocycles. The second-order valence-corrected chi connectivity index (χ2v) is 6.24. The van der Waals surface area contributed by atoms with Crippen molar-refractivity contribution in [1.82, 2.24) is 15.2 Å². The third-order valence-corrected chi connectivity index (χ3v) is 5.14. The molecule has 0 saturated heterocycles. The third-order valence-electron chi connectivity index (χ3n) is 5.14. The molecule has 3 aromatic rings. The largest absolute Gasteiger partial charge is 0.369 e. The van der Waals surface area contributed by atoms with Gasteiger partial charge in [-0.15, -0.1) is 0 Å². The van der Waals surface area contributed by atoms with Crippen LogP contribution in [0, 0.1) is 0 Å². The molecule has 2 unspecified atom stereocenters. The molecule has 5 heteroatoms. The van der Waals surface area contributed by atoms with Crippen molar-refractivity contribution in [2.24, 2.45) is 5.73 Å². The van der Waals surface area contributed by atoms with Crippen LogP contribution in [0.25, 0.3) is 10.9 Å². The van der Waals surface area contributed by atoms with Crippen LogP contribution in [-0.4, -0.2) is 21.1 Å². The molecular weight excluding hydrogens is 288 g/mol. The number of aromatic amines is 1. The Morgan fingerprint density at radius 3 is 3.00 bits per heavy atom. The molecule has 0 spiro atoms. The van der Waals surface area contributed by atoms with Crippen molar-refractivity contribution >= 4 is 16.8 Å². The molecule has 0 radical (unpaired) electrons. The van der Waals surface area contributed by atoms with E-state index in [2.05, 4.69) is 27.3 Å². The van der Waals surface area contributed by atoms with Crippen LogP contribution in [0.2, 0.25) is 0 Å². The quantitative estimate of drug-likeness (QED) is 0.780. The summed E-state index contributed by atoms with van der Waals surface area (Å²) in [6.07, 6.45) is 8.00. The number of hydrogen-bond donors (Lipinski definition) is 2. The molecule has 1 aromatic carbocycles. The molecule has 0 bridgehead atoms. The lowest BCUT2D eigenvalue weighted by Crippen LogP contribution is -2.43. The number of hydrogen-bond acceptors (Lipinski definition) is 3. The summed E-state index contributed by atoms with van der Waals surface area (Å²) in [6.45, 7) is 0. The van der Waals surface area contributed by atoms with Crippen LogP contribution >= 0.6 is 0 Å². The maximum atomic E-state index is 12.5. The fourth-order valence-electron chi connectivity index (χ4n) is 4.04. The highest BCUT2D eigenvalue weighted by Crippen LogP contribution is 2.51. The number of rotatable bonds is 3. The lowest BCUT2D eigenvalue weighted by Gasteiger charge is -2.33. The molecule has 2 heterocycles. The van der Waals surface area contributed by atoms with Gasteiger partial charge in [-0.1, -0.05) is 18.6 Å². The summed E-state index contributed by atoms with van der Waals surface area (Å²) in [5.74, 6) is -0.191. The van der Waals surface area contributed by atoms with Gasteiger partial charge in [0.2, 0.25) is 5.91 Å². The molecule has 116 valence electrons. The molecule has 0 aliphatic heterocycles. The predicted octanol–water partition coefficient (Wildman–Crippen LogP) is 2.65. The van der Waals surface area contributed by atoms with Crippen LogP contribution in [0.1, 0.15) is 36.3 Å². The fourth-order valence-corrected chi connectivity index (χ4v) is 4.04. The minimum Gasteiger partial charge on any atom is -0.369 e. The number of nitrogens with zero attached hydrogens (tertiary/aromatic N) is 2. The lowest BCUT2D eigenvalue weighted by atomic mass is 9.69. The number of carbonyl (C=O) groups is 1. The number of nitrogens with one attached hydrogen (secondary N) is 1. The first-order valence-corrected chi connectivity index (χ1v) is 7.85. The van der Waals surface area contributed by atoms with Crippen LogP contribution < -0.4 is 5.73 Å². The zero-order chi connectivity index (χ0) is 15.9. The molecular formula is C18H18N4O. The Labute approximate surface area is 133 Å². The SMILES string of the molecule is NC(=O)C1(c2cccnc2)CCCC1c1ccc2[nH]ncc2c1. The molecule has 1 aliphatic carbocycles. The van der Waals surface area contributed by atoms with Crippen molar-refractivity contribution in [2.45, 2.75) is 30.6 Å². The maximum absolute atomic E-state index is 12.5. The number of aromatic nitrogens is 3. The Kier molecular flexibility index (Phi) is 3.15. The average Bonchev–Trinajstić information content (AvgIpc) is 3.22. The van der Waals surface area contributed by atoms with Gasteiger partial charge in [0.15, 0.2) is 0 Å². The van der Waals surface area contributed by atoms with E-state index in [9.17, 15) is 4.79 Å². The summed E-state index contributed by atoms with van der Waals surface area (Å²) in [5.41, 5.74) is 8.28. The van der Waals surface area contributed by atoms with E-state index in [4.69, 9.17) is 5.73 Å². The predicted molar refractivity (Wildman–Crippen MR) is 87.8 cm³/mol. The smallest absolute Gasteiger partial charge is 0.228 e. The number of amides is 1. The van der Waals surface area contributed by atoms with Crippen LogP contribution in [0.5, 0.6) is 0 Å². The Morgan fingerprint density at radius 2 is 2.22 bits per heavy atom. The number of primary amides is 1. The zero-order valence-corrected chi connectivity index (χ0v) is 12.7. The zero-order valence-electron chi connectivity index (χ0n) is 12.7. The molecule has 1 amide bonds. The van der Waals surface area contributed by atoms with Gasteiger partial charge in [-0.25, -0.2) is 0 Å². The van der Waals surface area contributed by atoms with E-state index >= 15 is 0 Å². The molecule has 23 heavy (non-hydrogen) atoms. The lowest BCUT2D eigenvalue weighted by molar-refractivity contribution is -0.123. The van der Waals surface area contributed by atoms with E-state index in [-0.39, 0.29) is 11.8 Å². The highest BCUT2D eigenvalue weighted by atomic mass is 16.1. The van der Waals surface area contributed by atoms with Gasteiger partial charge in [0, 0.05) is 23.7 Å². The van der Waals surface area contributed by atoms with Crippen molar-refractivity contribution in [3.63, 3.8) is 0 Å². The van der Waals surface area contributed by atoms with Crippen molar-refractivity contribution in [3.8, 4) is 0 Å². The second-order valence-electron chi connectivity index (χ2n) is 6.24. The van der Waals surface area contributed by atoms with Crippen LogP contribution in [-0.2, 0) is 10.2 Å². The highest BCUT2D eigenvalue weighted by Gasteiger charge is 2.49. The first-order valence-electron chi connectivity index (χ1n) is 7.85. The van der Waals surface area contributed by atoms with Crippen LogP contribution in [0.15, 0.2) is 48.9 Å². The minimum atomic E-state index is -0.675. The van der Waals surface area contributed by atoms with Crippen molar-refractivity contribution in [2.75, 3.05) is 0 Å². The first kappa shape index (κ1) is 13.9. The number of H-pyrrole nitrogens is 1. The first-order chi connectivity index (χ1) is 11.2. The Hall–Kier alpha value is -2.69. The number of pyridine rings is 1. The molecule has 3 N–H and O–H groups in total. The molecule has 1 fully saturated rings. The Bertz CT molecular complexity index is 858. The molecule has 2 atom stereocenters. The van der Waals surface area contributed by atoms with Crippen molar-refractivity contribution in [1.29, 1.82) is 0 Å². The van der Waals surface area contributed by atoms with E-state index in [0.717, 1.165) is 41.3 Å². The standard InChI is InChI=1S/C18H18N4O/c19-17(23)18(14-3-2-8-20-11-14)7-1-4-15(18)12-5-6-16-13(9-12)10-21-22-16/h2-3,5-6,8-11,15H,1,4,7H2,(H2,19,23)(H,21,22). The van der Waals surface area contributed by atoms with Gasteiger partial charge in [0.25, 0.3) is 0 Å². The monoisotopic (exact) mass is 306 g/mol. The van der Waals surface area contributed by atoms with Crippen LogP contribution in [0.3, 0.4) is 0 Å². The van der Waals surface area contributed by atoms with E-state index < -0.39 is 5.41 Å². The third kappa shape index (κ3) is 2.04. The van der Waals surface area contributed by atoms with Gasteiger partial charge in [-0.2, -0.15) is 5.10 Å². The fraction of sp³-hybridized carbons (Fsp3) is 0.278. The number of nitrogens with two attached hydrogens (primary N) is 1. The van der Waals surface area contributed by atoms with Gasteiger partial charge in [-0.3, -0.25) is 14.9 Å². The van der Waals surface area contributed by atoms with E-state index in [0.29, 0.717) is 0 Å². The number of carbonyl (C=O) groups excluding carboxylic acids is 1. The van der Waals surface area contributed by atoms with Crippen molar-refractivity contribution in [3.05, 3.63) is 60.0 Å². The summed E-state index contributed by atoms with van der Waals surface area (Å²) in [5, 5.41) is 8.09. The number of benzene rings is 1. The Balaban J connectivity index is 1.87. The average molecular weight is 306 g/mol. The van der Waals surface area contributed by atoms with E-state index in [1.165, 1.54) is 0 Å². The molecule has 5 nitrogen and oxygen atoms in total. The number of fused-ring (bicyclic) bond motifs is 1. The van der Waals surface area contributed by atoms with E-state index in [1.807, 2.05) is 24.4 Å². The normalized spacial score (nSPS) is 24.1. The summed E-state index contributed by atoms with van der Waals surface area (Å²) in [4.78, 5) is 16.7. The summed E-state index contributed by atoms with van der Waals surface area (Å²) >= 11 is 0. The minimum absolute atomic E-state index is 0.0727. The molecule has 1 aliphatic rings. The van der Waals surface area contributed by atoms with Gasteiger partial charge in [0.05, 0.1) is 17.1 Å². The van der Waals surface area contributed by atoms with E-state index in [1.54, 1.807) is 12.4 Å². The maximum Gasteiger partial charge on any atom is 0.228 e. The highest BCUT2D eigenvalue weighted by molar-refractivity contribution is 5.89. The molecule has 2 aromatic heterocycles.